The smallest absolute Gasteiger partial charge is 0.414 e. The molecule has 1 aromatic rings. The number of aliphatic carboxylic acids is 2. The van der Waals surface area contributed by atoms with E-state index in [9.17, 15) is 14.9 Å². The van der Waals surface area contributed by atoms with Crippen molar-refractivity contribution in [1.29, 1.82) is 0 Å². The molecule has 0 saturated carbocycles. The molecular weight excluding hydrogens is 346 g/mol. The predicted octanol–water partition coefficient (Wildman–Crippen LogP) is 0.917. The summed E-state index contributed by atoms with van der Waals surface area (Å²) in [5, 5.41) is 25.4. The Hall–Kier alpha value is -3.01. The molecule has 1 aliphatic heterocycles. The van der Waals surface area contributed by atoms with E-state index in [1.165, 1.54) is 24.3 Å². The molecule has 1 amide bonds. The molecule has 0 unspecified atom stereocenters. The van der Waals surface area contributed by atoms with Crippen LogP contribution in [0.5, 0.6) is 0 Å². The quantitative estimate of drug-likeness (QED) is 0.456. The number of benzene rings is 1. The van der Waals surface area contributed by atoms with Crippen LogP contribution in [0.3, 0.4) is 0 Å². The van der Waals surface area contributed by atoms with Gasteiger partial charge in [-0.1, -0.05) is 0 Å². The number of nitro benzene ring substituents is 1. The second-order valence-electron chi connectivity index (χ2n) is 5.84. The van der Waals surface area contributed by atoms with Crippen molar-refractivity contribution in [3.63, 3.8) is 0 Å². The lowest BCUT2D eigenvalue weighted by Gasteiger charge is -2.36. The summed E-state index contributed by atoms with van der Waals surface area (Å²) in [4.78, 5) is 44.8. The maximum atomic E-state index is 12.3. The summed E-state index contributed by atoms with van der Waals surface area (Å²) >= 11 is 0. The summed E-state index contributed by atoms with van der Waals surface area (Å²) in [6, 6.07) is 6.28. The van der Waals surface area contributed by atoms with Crippen molar-refractivity contribution in [3.8, 4) is 0 Å². The van der Waals surface area contributed by atoms with Crippen LogP contribution in [0, 0.1) is 10.1 Å². The van der Waals surface area contributed by atoms with Crippen LogP contribution < -0.4 is 0 Å². The standard InChI is InChI=1S/C14H19N3O3.C2H2O4/c1-11(2)15-7-9-16(10-8-15)14(18)12-3-5-13(6-4-12)17(19)20;3-1(4)2(5)6/h3-6,11H,7-10H2,1-2H3;(H,3,4)(H,5,6). The zero-order chi connectivity index (χ0) is 19.9. The number of non-ortho nitro benzene ring substituents is 1. The number of nitro groups is 1. The van der Waals surface area contributed by atoms with E-state index in [4.69, 9.17) is 19.8 Å². The first-order valence-electron chi connectivity index (χ1n) is 7.87. The first-order chi connectivity index (χ1) is 12.1. The molecule has 142 valence electrons. The summed E-state index contributed by atoms with van der Waals surface area (Å²) in [5.41, 5.74) is 0.514. The Labute approximate surface area is 149 Å². The van der Waals surface area contributed by atoms with Gasteiger partial charge in [-0.05, 0) is 26.0 Å². The number of hydrogen-bond acceptors (Lipinski definition) is 6. The van der Waals surface area contributed by atoms with Gasteiger partial charge in [0.1, 0.15) is 0 Å². The van der Waals surface area contributed by atoms with Crippen LogP contribution >= 0.6 is 0 Å². The number of hydrogen-bond donors (Lipinski definition) is 2. The Morgan fingerprint density at radius 1 is 1.00 bits per heavy atom. The molecule has 2 N–H and O–H groups in total. The highest BCUT2D eigenvalue weighted by molar-refractivity contribution is 6.27. The molecule has 2 rings (SSSR count). The fourth-order valence-corrected chi connectivity index (χ4v) is 2.35. The molecule has 1 aromatic carbocycles. The Morgan fingerprint density at radius 3 is 1.81 bits per heavy atom. The van der Waals surface area contributed by atoms with E-state index in [0.717, 1.165) is 13.1 Å². The molecular formula is C16H21N3O7. The number of carbonyl (C=O) groups is 3. The first kappa shape index (κ1) is 21.0. The van der Waals surface area contributed by atoms with Crippen LogP contribution in [0.25, 0.3) is 0 Å². The van der Waals surface area contributed by atoms with E-state index in [1.807, 2.05) is 0 Å². The Morgan fingerprint density at radius 2 is 1.46 bits per heavy atom. The van der Waals surface area contributed by atoms with Gasteiger partial charge in [0.15, 0.2) is 0 Å². The summed E-state index contributed by atoms with van der Waals surface area (Å²) in [6.45, 7) is 7.44. The van der Waals surface area contributed by atoms with Crippen molar-refractivity contribution in [1.82, 2.24) is 9.80 Å². The van der Waals surface area contributed by atoms with Crippen molar-refractivity contribution in [2.45, 2.75) is 19.9 Å². The Balaban J connectivity index is 0.000000487. The van der Waals surface area contributed by atoms with E-state index >= 15 is 0 Å². The molecule has 0 atom stereocenters. The van der Waals surface area contributed by atoms with E-state index in [-0.39, 0.29) is 11.6 Å². The van der Waals surface area contributed by atoms with Gasteiger partial charge in [0.05, 0.1) is 4.92 Å². The minimum Gasteiger partial charge on any atom is -0.473 e. The normalized spacial score (nSPS) is 14.3. The Kier molecular flexibility index (Phi) is 7.66. The van der Waals surface area contributed by atoms with Crippen molar-refractivity contribution in [2.24, 2.45) is 0 Å². The molecule has 10 heteroatoms. The third kappa shape index (κ3) is 6.13. The minimum atomic E-state index is -1.82. The van der Waals surface area contributed by atoms with E-state index in [1.54, 1.807) is 4.90 Å². The van der Waals surface area contributed by atoms with Crippen LogP contribution in [-0.4, -0.2) is 75.0 Å². The fraction of sp³-hybridized carbons (Fsp3) is 0.438. The summed E-state index contributed by atoms with van der Waals surface area (Å²) in [7, 11) is 0. The van der Waals surface area contributed by atoms with Gasteiger partial charge in [0.25, 0.3) is 11.6 Å². The zero-order valence-corrected chi connectivity index (χ0v) is 14.5. The lowest BCUT2D eigenvalue weighted by molar-refractivity contribution is -0.384. The van der Waals surface area contributed by atoms with Gasteiger partial charge in [-0.2, -0.15) is 0 Å². The topological polar surface area (TPSA) is 141 Å². The molecule has 1 heterocycles. The van der Waals surface area contributed by atoms with Gasteiger partial charge in [0.2, 0.25) is 0 Å². The third-order valence-corrected chi connectivity index (χ3v) is 3.84. The average molecular weight is 367 g/mol. The van der Waals surface area contributed by atoms with Crippen molar-refractivity contribution in [3.05, 3.63) is 39.9 Å². The molecule has 1 aliphatic rings. The maximum Gasteiger partial charge on any atom is 0.414 e. The first-order valence-corrected chi connectivity index (χ1v) is 7.87. The molecule has 26 heavy (non-hydrogen) atoms. The highest BCUT2D eigenvalue weighted by Crippen LogP contribution is 2.15. The van der Waals surface area contributed by atoms with Crippen molar-refractivity contribution >= 4 is 23.5 Å². The molecule has 0 aromatic heterocycles. The van der Waals surface area contributed by atoms with Crippen molar-refractivity contribution < 1.29 is 29.5 Å². The molecule has 1 fully saturated rings. The predicted molar refractivity (Wildman–Crippen MR) is 91.0 cm³/mol. The second-order valence-corrected chi connectivity index (χ2v) is 5.84. The van der Waals surface area contributed by atoms with Crippen LogP contribution in [0.2, 0.25) is 0 Å². The fourth-order valence-electron chi connectivity index (χ4n) is 2.35. The molecule has 0 aliphatic carbocycles. The molecule has 0 radical (unpaired) electrons. The molecule has 0 bridgehead atoms. The number of nitrogens with zero attached hydrogens (tertiary/aromatic N) is 3. The lowest BCUT2D eigenvalue weighted by Crippen LogP contribution is -2.50. The number of carboxylic acid groups (broad SMARTS) is 2. The van der Waals surface area contributed by atoms with Crippen LogP contribution in [-0.2, 0) is 9.59 Å². The van der Waals surface area contributed by atoms with Crippen LogP contribution in [0.1, 0.15) is 24.2 Å². The van der Waals surface area contributed by atoms with Gasteiger partial charge in [-0.3, -0.25) is 19.8 Å². The summed E-state index contributed by atoms with van der Waals surface area (Å²) in [5.74, 6) is -3.70. The van der Waals surface area contributed by atoms with E-state index in [2.05, 4.69) is 18.7 Å². The monoisotopic (exact) mass is 367 g/mol. The number of rotatable bonds is 3. The second kappa shape index (κ2) is 9.47. The molecule has 10 nitrogen and oxygen atoms in total. The van der Waals surface area contributed by atoms with Gasteiger partial charge in [-0.15, -0.1) is 0 Å². The highest BCUT2D eigenvalue weighted by atomic mass is 16.6. The van der Waals surface area contributed by atoms with Crippen LogP contribution in [0.15, 0.2) is 24.3 Å². The summed E-state index contributed by atoms with van der Waals surface area (Å²) < 4.78 is 0. The third-order valence-electron chi connectivity index (χ3n) is 3.84. The van der Waals surface area contributed by atoms with E-state index in [0.29, 0.717) is 24.7 Å². The van der Waals surface area contributed by atoms with Gasteiger partial charge < -0.3 is 15.1 Å². The largest absolute Gasteiger partial charge is 0.473 e. The molecule has 0 spiro atoms. The van der Waals surface area contributed by atoms with Gasteiger partial charge in [-0.25, -0.2) is 9.59 Å². The highest BCUT2D eigenvalue weighted by Gasteiger charge is 2.23. The number of piperazine rings is 1. The average Bonchev–Trinajstić information content (AvgIpc) is 2.61. The van der Waals surface area contributed by atoms with Crippen molar-refractivity contribution in [2.75, 3.05) is 26.2 Å². The summed E-state index contributed by atoms with van der Waals surface area (Å²) in [6.07, 6.45) is 0. The lowest BCUT2D eigenvalue weighted by atomic mass is 10.1. The van der Waals surface area contributed by atoms with Gasteiger partial charge in [0, 0.05) is 49.9 Å². The maximum absolute atomic E-state index is 12.3. The Bertz CT molecular complexity index is 653. The number of carboxylic acids is 2. The number of carbonyl (C=O) groups excluding carboxylic acids is 1. The minimum absolute atomic E-state index is 0.00572. The zero-order valence-electron chi connectivity index (χ0n) is 14.5. The van der Waals surface area contributed by atoms with Crippen LogP contribution in [0.4, 0.5) is 5.69 Å². The number of amides is 1. The molecule has 1 saturated heterocycles. The van der Waals surface area contributed by atoms with E-state index < -0.39 is 16.9 Å². The SMILES string of the molecule is CC(C)N1CCN(C(=O)c2ccc([N+](=O)[O-])cc2)CC1.O=C(O)C(=O)O. The van der Waals surface area contributed by atoms with Gasteiger partial charge >= 0.3 is 11.9 Å².